The third-order valence-corrected chi connectivity index (χ3v) is 4.71. The molecule has 0 radical (unpaired) electrons. The number of carboxylic acids is 1. The van der Waals surface area contributed by atoms with Crippen LogP contribution in [0.3, 0.4) is 0 Å². The molecule has 1 aliphatic rings. The van der Waals surface area contributed by atoms with Crippen molar-refractivity contribution in [1.82, 2.24) is 0 Å². The molecule has 1 heterocycles. The smallest absolute Gasteiger partial charge is 0.323 e. The lowest BCUT2D eigenvalue weighted by molar-refractivity contribution is -0.136. The lowest BCUT2D eigenvalue weighted by Crippen LogP contribution is -2.26. The van der Waals surface area contributed by atoms with Crippen LogP contribution >= 0.6 is 0 Å². The first kappa shape index (κ1) is 20.7. The molecule has 0 saturated carbocycles. The van der Waals surface area contributed by atoms with Gasteiger partial charge in [0.05, 0.1) is 13.2 Å². The molecule has 3 N–H and O–H groups in total. The molecule has 0 spiro atoms. The van der Waals surface area contributed by atoms with E-state index in [0.29, 0.717) is 17.8 Å². The van der Waals surface area contributed by atoms with E-state index in [2.05, 4.69) is 10.6 Å². The van der Waals surface area contributed by atoms with Crippen LogP contribution in [0.15, 0.2) is 42.5 Å². The Kier molecular flexibility index (Phi) is 7.08. The van der Waals surface area contributed by atoms with E-state index in [-0.39, 0.29) is 18.6 Å². The average Bonchev–Trinajstić information content (AvgIpc) is 2.69. The van der Waals surface area contributed by atoms with E-state index >= 15 is 0 Å². The highest BCUT2D eigenvalue weighted by atomic mass is 16.5. The Morgan fingerprint density at radius 1 is 1.10 bits per heavy atom. The fraction of sp³-hybridized carbons (Fsp3) is 0.364. The number of anilines is 2. The molecule has 7 heteroatoms. The van der Waals surface area contributed by atoms with E-state index in [4.69, 9.17) is 14.6 Å². The second-order valence-corrected chi connectivity index (χ2v) is 7.08. The number of carbonyl (C=O) groups excluding carboxylic acids is 1. The summed E-state index contributed by atoms with van der Waals surface area (Å²) >= 11 is 0. The number of urea groups is 1. The Morgan fingerprint density at radius 2 is 1.83 bits per heavy atom. The SMILES string of the molecule is Cc1cc(NC(=O)Nc2cccc(CCC(=O)O)c2)ccc1OC1CCOCC1. The van der Waals surface area contributed by atoms with Gasteiger partial charge < -0.3 is 25.2 Å². The van der Waals surface area contributed by atoms with Crippen molar-refractivity contribution >= 4 is 23.4 Å². The summed E-state index contributed by atoms with van der Waals surface area (Å²) in [5, 5.41) is 14.4. The lowest BCUT2D eigenvalue weighted by atomic mass is 10.1. The third-order valence-electron chi connectivity index (χ3n) is 4.71. The third kappa shape index (κ3) is 6.50. The number of amides is 2. The first-order valence-corrected chi connectivity index (χ1v) is 9.73. The summed E-state index contributed by atoms with van der Waals surface area (Å²) in [5.74, 6) is -0.0327. The molecular formula is C22H26N2O5. The van der Waals surface area contributed by atoms with Gasteiger partial charge >= 0.3 is 12.0 Å². The Bertz CT molecular complexity index is 862. The van der Waals surface area contributed by atoms with Crippen LogP contribution in [0.25, 0.3) is 0 Å². The standard InChI is InChI=1S/C22H26N2O5/c1-15-13-18(6-7-20(15)29-19-9-11-28-12-10-19)24-22(27)23-17-4-2-3-16(14-17)5-8-21(25)26/h2-4,6-7,13-14,19H,5,8-12H2,1H3,(H,25,26)(H2,23,24,27). The van der Waals surface area contributed by atoms with Gasteiger partial charge in [-0.1, -0.05) is 12.1 Å². The molecule has 2 aromatic rings. The van der Waals surface area contributed by atoms with Crippen LogP contribution < -0.4 is 15.4 Å². The van der Waals surface area contributed by atoms with E-state index in [0.717, 1.165) is 42.9 Å². The molecule has 0 unspecified atom stereocenters. The number of benzene rings is 2. The number of carbonyl (C=O) groups is 2. The van der Waals surface area contributed by atoms with Crippen LogP contribution in [0.1, 0.15) is 30.4 Å². The first-order valence-electron chi connectivity index (χ1n) is 9.73. The second kappa shape index (κ2) is 9.93. The molecule has 7 nitrogen and oxygen atoms in total. The predicted octanol–water partition coefficient (Wildman–Crippen LogP) is 4.21. The van der Waals surface area contributed by atoms with Crippen molar-refractivity contribution in [1.29, 1.82) is 0 Å². The number of aryl methyl sites for hydroxylation is 2. The van der Waals surface area contributed by atoms with Gasteiger partial charge in [0.2, 0.25) is 0 Å². The number of hydrogen-bond donors (Lipinski definition) is 3. The summed E-state index contributed by atoms with van der Waals surface area (Å²) in [6, 6.07) is 12.4. The highest BCUT2D eigenvalue weighted by Crippen LogP contribution is 2.25. The van der Waals surface area contributed by atoms with Gasteiger partial charge in [0.1, 0.15) is 11.9 Å². The maximum Gasteiger partial charge on any atom is 0.323 e. The van der Waals surface area contributed by atoms with E-state index in [9.17, 15) is 9.59 Å². The van der Waals surface area contributed by atoms with Crippen LogP contribution in [0.5, 0.6) is 5.75 Å². The highest BCUT2D eigenvalue weighted by Gasteiger charge is 2.16. The monoisotopic (exact) mass is 398 g/mol. The van der Waals surface area contributed by atoms with Gasteiger partial charge in [-0.05, 0) is 54.8 Å². The molecule has 1 fully saturated rings. The van der Waals surface area contributed by atoms with E-state index in [1.807, 2.05) is 31.2 Å². The molecule has 2 amide bonds. The number of rotatable bonds is 7. The van der Waals surface area contributed by atoms with Gasteiger partial charge in [0.25, 0.3) is 0 Å². The molecule has 1 aliphatic heterocycles. The number of carboxylic acid groups (broad SMARTS) is 1. The minimum atomic E-state index is -0.847. The number of ether oxygens (including phenoxy) is 2. The van der Waals surface area contributed by atoms with Crippen LogP contribution in [0.2, 0.25) is 0 Å². The van der Waals surface area contributed by atoms with E-state index < -0.39 is 5.97 Å². The van der Waals surface area contributed by atoms with Gasteiger partial charge in [-0.3, -0.25) is 4.79 Å². The summed E-state index contributed by atoms with van der Waals surface area (Å²) in [5.41, 5.74) is 3.09. The molecule has 1 saturated heterocycles. The quantitative estimate of drug-likeness (QED) is 0.649. The predicted molar refractivity (Wildman–Crippen MR) is 111 cm³/mol. The molecule has 0 atom stereocenters. The van der Waals surface area contributed by atoms with Gasteiger partial charge in [0, 0.05) is 30.6 Å². The normalized spacial score (nSPS) is 14.2. The summed E-state index contributed by atoms with van der Waals surface area (Å²) < 4.78 is 11.4. The molecule has 154 valence electrons. The van der Waals surface area contributed by atoms with Crippen LogP contribution in [-0.4, -0.2) is 36.4 Å². The summed E-state index contributed by atoms with van der Waals surface area (Å²) in [7, 11) is 0. The van der Waals surface area contributed by atoms with Crippen LogP contribution in [-0.2, 0) is 16.0 Å². The second-order valence-electron chi connectivity index (χ2n) is 7.08. The minimum Gasteiger partial charge on any atom is -0.490 e. The van der Waals surface area contributed by atoms with Crippen LogP contribution in [0.4, 0.5) is 16.2 Å². The number of nitrogens with one attached hydrogen (secondary N) is 2. The van der Waals surface area contributed by atoms with Crippen molar-refractivity contribution in [3.05, 3.63) is 53.6 Å². The fourth-order valence-corrected chi connectivity index (χ4v) is 3.18. The molecule has 0 aliphatic carbocycles. The fourth-order valence-electron chi connectivity index (χ4n) is 3.18. The Hall–Kier alpha value is -3.06. The average molecular weight is 398 g/mol. The van der Waals surface area contributed by atoms with Gasteiger partial charge in [-0.25, -0.2) is 4.79 Å². The zero-order valence-electron chi connectivity index (χ0n) is 16.4. The van der Waals surface area contributed by atoms with Gasteiger partial charge in [-0.15, -0.1) is 0 Å². The van der Waals surface area contributed by atoms with Crippen molar-refractivity contribution in [2.75, 3.05) is 23.8 Å². The summed E-state index contributed by atoms with van der Waals surface area (Å²) in [6.07, 6.45) is 2.40. The lowest BCUT2D eigenvalue weighted by Gasteiger charge is -2.24. The Balaban J connectivity index is 1.55. The zero-order valence-corrected chi connectivity index (χ0v) is 16.4. The maximum atomic E-state index is 12.3. The molecule has 0 aromatic heterocycles. The van der Waals surface area contributed by atoms with E-state index in [1.165, 1.54) is 0 Å². The zero-order chi connectivity index (χ0) is 20.6. The number of aliphatic carboxylic acids is 1. The van der Waals surface area contributed by atoms with E-state index in [1.54, 1.807) is 18.2 Å². The first-order chi connectivity index (χ1) is 14.0. The van der Waals surface area contributed by atoms with Crippen molar-refractivity contribution in [3.8, 4) is 5.75 Å². The topological polar surface area (TPSA) is 96.9 Å². The molecular weight excluding hydrogens is 372 g/mol. The molecule has 2 aromatic carbocycles. The Morgan fingerprint density at radius 3 is 2.52 bits per heavy atom. The molecule has 3 rings (SSSR count). The Labute approximate surface area is 170 Å². The summed E-state index contributed by atoms with van der Waals surface area (Å²) in [4.78, 5) is 23.0. The van der Waals surface area contributed by atoms with Crippen LogP contribution in [0, 0.1) is 6.92 Å². The molecule has 29 heavy (non-hydrogen) atoms. The van der Waals surface area contributed by atoms with Crippen molar-refractivity contribution < 1.29 is 24.2 Å². The van der Waals surface area contributed by atoms with Crippen molar-refractivity contribution in [2.45, 2.75) is 38.7 Å². The van der Waals surface area contributed by atoms with Gasteiger partial charge in [0.15, 0.2) is 0 Å². The van der Waals surface area contributed by atoms with Crippen molar-refractivity contribution in [2.24, 2.45) is 0 Å². The van der Waals surface area contributed by atoms with Gasteiger partial charge in [-0.2, -0.15) is 0 Å². The largest absolute Gasteiger partial charge is 0.490 e. The highest BCUT2D eigenvalue weighted by molar-refractivity contribution is 5.99. The number of hydrogen-bond acceptors (Lipinski definition) is 4. The minimum absolute atomic E-state index is 0.0528. The van der Waals surface area contributed by atoms with Crippen molar-refractivity contribution in [3.63, 3.8) is 0 Å². The molecule has 0 bridgehead atoms. The summed E-state index contributed by atoms with van der Waals surface area (Å²) in [6.45, 7) is 3.39. The maximum absolute atomic E-state index is 12.3.